The summed E-state index contributed by atoms with van der Waals surface area (Å²) in [6, 6.07) is 6.65. The number of carbonyl (C=O) groups excluding carboxylic acids is 1. The van der Waals surface area contributed by atoms with E-state index in [0.717, 1.165) is 0 Å². The smallest absolute Gasteiger partial charge is 0.259 e. The number of benzene rings is 1. The van der Waals surface area contributed by atoms with E-state index in [-0.39, 0.29) is 13.0 Å². The Hall–Kier alpha value is -1.92. The molecule has 0 saturated heterocycles. The molecule has 0 aliphatic carbocycles. The first kappa shape index (κ1) is 15.5. The number of nitrogens with zero attached hydrogens (tertiary/aromatic N) is 3. The fourth-order valence-electron chi connectivity index (χ4n) is 2.09. The molecular weight excluding hydrogens is 294 g/mol. The molecule has 1 atom stereocenters. The molecule has 0 bridgehead atoms. The number of hydrogen-bond donors (Lipinski definition) is 1. The van der Waals surface area contributed by atoms with E-state index in [4.69, 9.17) is 11.6 Å². The molecule has 0 aliphatic heterocycles. The third-order valence-corrected chi connectivity index (χ3v) is 3.53. The van der Waals surface area contributed by atoms with Crippen LogP contribution < -0.4 is 0 Å². The van der Waals surface area contributed by atoms with Gasteiger partial charge < -0.3 is 14.5 Å². The average molecular weight is 310 g/mol. The lowest BCUT2D eigenvalue weighted by atomic mass is 9.89. The van der Waals surface area contributed by atoms with E-state index >= 15 is 0 Å². The van der Waals surface area contributed by atoms with Crippen LogP contribution >= 0.6 is 11.6 Å². The number of aromatic nitrogens is 2. The van der Waals surface area contributed by atoms with Gasteiger partial charge in [0.15, 0.2) is 11.4 Å². The van der Waals surface area contributed by atoms with Crippen LogP contribution in [0.4, 0.5) is 0 Å². The highest BCUT2D eigenvalue weighted by atomic mass is 35.5. The summed E-state index contributed by atoms with van der Waals surface area (Å²) in [4.78, 5) is 17.8. The van der Waals surface area contributed by atoms with Crippen molar-refractivity contribution >= 4 is 17.5 Å². The maximum absolute atomic E-state index is 12.6. The summed E-state index contributed by atoms with van der Waals surface area (Å²) in [6.45, 7) is 1.89. The quantitative estimate of drug-likeness (QED) is 0.913. The summed E-state index contributed by atoms with van der Waals surface area (Å²) in [6.07, 6.45) is 1.42. The van der Waals surface area contributed by atoms with Crippen molar-refractivity contribution in [3.8, 4) is 0 Å². The van der Waals surface area contributed by atoms with Crippen molar-refractivity contribution in [1.29, 1.82) is 0 Å². The van der Waals surface area contributed by atoms with Crippen LogP contribution in [0.25, 0.3) is 0 Å². The molecule has 1 heterocycles. The maximum atomic E-state index is 12.6. The number of halogens is 1. The zero-order valence-electron chi connectivity index (χ0n) is 11.8. The van der Waals surface area contributed by atoms with Crippen molar-refractivity contribution in [2.75, 3.05) is 7.05 Å². The largest absolute Gasteiger partial charge is 0.375 e. The van der Waals surface area contributed by atoms with E-state index in [1.165, 1.54) is 11.3 Å². The Morgan fingerprint density at radius 2 is 2.29 bits per heavy atom. The molecule has 1 aromatic carbocycles. The number of rotatable bonds is 5. The summed E-state index contributed by atoms with van der Waals surface area (Å²) in [5.74, 6) is -0.0764. The van der Waals surface area contributed by atoms with E-state index in [1.807, 2.05) is 0 Å². The van der Waals surface area contributed by atoms with Gasteiger partial charge in [0.1, 0.15) is 0 Å². The molecule has 112 valence electrons. The zero-order valence-corrected chi connectivity index (χ0v) is 12.5. The highest BCUT2D eigenvalue weighted by molar-refractivity contribution is 6.30. The molecule has 0 unspecified atom stereocenters. The van der Waals surface area contributed by atoms with E-state index in [1.54, 1.807) is 38.2 Å². The second-order valence-electron chi connectivity index (χ2n) is 4.73. The third kappa shape index (κ3) is 3.22. The molecule has 0 radical (unpaired) electrons. The minimum absolute atomic E-state index is 0.151. The van der Waals surface area contributed by atoms with Crippen LogP contribution in [-0.2, 0) is 16.9 Å². The Morgan fingerprint density at radius 3 is 2.86 bits per heavy atom. The lowest BCUT2D eigenvalue weighted by Gasteiger charge is -2.30. The molecule has 7 heteroatoms. The Labute approximate surface area is 127 Å². The SMILES string of the molecule is CC[C@](O)(C(=O)N(C)Cc1ncon1)c1cccc(Cl)c1. The van der Waals surface area contributed by atoms with E-state index < -0.39 is 11.5 Å². The highest BCUT2D eigenvalue weighted by Crippen LogP contribution is 2.29. The van der Waals surface area contributed by atoms with Crippen LogP contribution in [0, 0.1) is 0 Å². The highest BCUT2D eigenvalue weighted by Gasteiger charge is 2.38. The van der Waals surface area contributed by atoms with Crippen LogP contribution in [0.3, 0.4) is 0 Å². The molecule has 0 aliphatic rings. The molecule has 0 fully saturated rings. The van der Waals surface area contributed by atoms with Crippen LogP contribution in [0.2, 0.25) is 5.02 Å². The summed E-state index contributed by atoms with van der Waals surface area (Å²) in [7, 11) is 1.57. The molecule has 6 nitrogen and oxygen atoms in total. The van der Waals surface area contributed by atoms with Gasteiger partial charge in [-0.3, -0.25) is 4.79 Å². The van der Waals surface area contributed by atoms with Gasteiger partial charge in [-0.2, -0.15) is 4.98 Å². The Morgan fingerprint density at radius 1 is 1.52 bits per heavy atom. The number of carbonyl (C=O) groups is 1. The normalized spacial score (nSPS) is 13.7. The molecule has 21 heavy (non-hydrogen) atoms. The molecule has 2 aromatic rings. The van der Waals surface area contributed by atoms with Gasteiger partial charge in [-0.05, 0) is 24.1 Å². The third-order valence-electron chi connectivity index (χ3n) is 3.30. The van der Waals surface area contributed by atoms with Crippen LogP contribution in [0.5, 0.6) is 0 Å². The van der Waals surface area contributed by atoms with Crippen molar-refractivity contribution in [2.45, 2.75) is 25.5 Å². The van der Waals surface area contributed by atoms with Crippen LogP contribution in [0.15, 0.2) is 35.2 Å². The molecular formula is C14H16ClN3O3. The van der Waals surface area contributed by atoms with Gasteiger partial charge in [0.2, 0.25) is 6.39 Å². The van der Waals surface area contributed by atoms with Crippen molar-refractivity contribution in [2.24, 2.45) is 0 Å². The van der Waals surface area contributed by atoms with Gasteiger partial charge in [-0.25, -0.2) is 0 Å². The van der Waals surface area contributed by atoms with Gasteiger partial charge in [0.05, 0.1) is 6.54 Å². The first-order chi connectivity index (χ1) is 9.97. The first-order valence-electron chi connectivity index (χ1n) is 6.46. The number of aliphatic hydroxyl groups is 1. The minimum Gasteiger partial charge on any atom is -0.375 e. The monoisotopic (exact) mass is 309 g/mol. The topological polar surface area (TPSA) is 79.5 Å². The van der Waals surface area contributed by atoms with Crippen LogP contribution in [-0.4, -0.2) is 33.1 Å². The van der Waals surface area contributed by atoms with Crippen molar-refractivity contribution in [3.63, 3.8) is 0 Å². The van der Waals surface area contributed by atoms with Crippen molar-refractivity contribution in [3.05, 3.63) is 47.1 Å². The van der Waals surface area contributed by atoms with Gasteiger partial charge in [-0.15, -0.1) is 0 Å². The van der Waals surface area contributed by atoms with Crippen molar-refractivity contribution in [1.82, 2.24) is 15.0 Å². The average Bonchev–Trinajstić information content (AvgIpc) is 2.98. The fourth-order valence-corrected chi connectivity index (χ4v) is 2.28. The number of amides is 1. The van der Waals surface area contributed by atoms with Gasteiger partial charge in [-0.1, -0.05) is 35.8 Å². The van der Waals surface area contributed by atoms with Crippen molar-refractivity contribution < 1.29 is 14.4 Å². The van der Waals surface area contributed by atoms with Crippen LogP contribution in [0.1, 0.15) is 24.7 Å². The van der Waals surface area contributed by atoms with Gasteiger partial charge in [0.25, 0.3) is 5.91 Å². The predicted molar refractivity (Wildman–Crippen MR) is 76.4 cm³/mol. The van der Waals surface area contributed by atoms with E-state index in [9.17, 15) is 9.90 Å². The second-order valence-corrected chi connectivity index (χ2v) is 5.17. The van der Waals surface area contributed by atoms with Gasteiger partial charge in [0, 0.05) is 12.1 Å². The summed E-state index contributed by atoms with van der Waals surface area (Å²) in [5, 5.41) is 14.9. The Bertz CT molecular complexity index is 618. The molecule has 1 amide bonds. The number of likely N-dealkylation sites (N-methyl/N-ethyl adjacent to an activating group) is 1. The lowest BCUT2D eigenvalue weighted by molar-refractivity contribution is -0.152. The number of hydrogen-bond acceptors (Lipinski definition) is 5. The predicted octanol–water partition coefficient (Wildman–Crippen LogP) is 1.98. The summed E-state index contributed by atoms with van der Waals surface area (Å²) in [5.41, 5.74) is -1.17. The fraction of sp³-hybridized carbons (Fsp3) is 0.357. The Balaban J connectivity index is 2.24. The Kier molecular flexibility index (Phi) is 4.59. The standard InChI is InChI=1S/C14H16ClN3O3/c1-3-14(20,10-5-4-6-11(15)7-10)13(19)18(2)8-12-16-9-21-17-12/h4-7,9,20H,3,8H2,1-2H3/t14-/m1/s1. The van der Waals surface area contributed by atoms with E-state index in [0.29, 0.717) is 16.4 Å². The first-order valence-corrected chi connectivity index (χ1v) is 6.84. The molecule has 1 N–H and O–H groups in total. The maximum Gasteiger partial charge on any atom is 0.259 e. The molecule has 0 saturated carbocycles. The van der Waals surface area contributed by atoms with E-state index in [2.05, 4.69) is 14.7 Å². The lowest BCUT2D eigenvalue weighted by Crippen LogP contribution is -2.44. The molecule has 1 aromatic heterocycles. The summed E-state index contributed by atoms with van der Waals surface area (Å²) >= 11 is 5.94. The molecule has 0 spiro atoms. The van der Waals surface area contributed by atoms with Gasteiger partial charge >= 0.3 is 0 Å². The minimum atomic E-state index is -1.64. The second kappa shape index (κ2) is 6.24. The zero-order chi connectivity index (χ0) is 15.5. The molecule has 2 rings (SSSR count). The summed E-state index contributed by atoms with van der Waals surface area (Å²) < 4.78 is 4.63.